The fourth-order valence-electron chi connectivity index (χ4n) is 6.28. The minimum Gasteiger partial charge on any atom is -0.493 e. The number of likely N-dealkylation sites (tertiary alicyclic amines) is 1. The Hall–Kier alpha value is -3.23. The molecule has 4 aromatic rings. The van der Waals surface area contributed by atoms with Gasteiger partial charge in [0.1, 0.15) is 12.1 Å². The molecule has 2 aliphatic heterocycles. The van der Waals surface area contributed by atoms with Crippen LogP contribution in [0.3, 0.4) is 0 Å². The van der Waals surface area contributed by atoms with Crippen LogP contribution in [0.4, 0.5) is 0 Å². The first-order chi connectivity index (χ1) is 18.8. The van der Waals surface area contributed by atoms with Crippen LogP contribution >= 0.6 is 0 Å². The first-order valence-electron chi connectivity index (χ1n) is 14.2. The molecule has 6 rings (SSSR count). The van der Waals surface area contributed by atoms with Crippen molar-refractivity contribution in [2.45, 2.75) is 58.3 Å². The molecule has 0 bridgehead atoms. The van der Waals surface area contributed by atoms with E-state index in [9.17, 15) is 4.79 Å². The quantitative estimate of drug-likeness (QED) is 0.305. The lowest BCUT2D eigenvalue weighted by Gasteiger charge is -2.38. The molecule has 2 aliphatic rings. The lowest BCUT2D eigenvalue weighted by molar-refractivity contribution is -0.127. The van der Waals surface area contributed by atoms with Gasteiger partial charge >= 0.3 is 0 Å². The van der Waals surface area contributed by atoms with Crippen LogP contribution in [0, 0.1) is 5.41 Å². The third-order valence-electron chi connectivity index (χ3n) is 8.66. The number of hydrogen-bond donors (Lipinski definition) is 1. The lowest BCUT2D eigenvalue weighted by atomic mass is 9.83. The SMILES string of the molecule is COc1cc(-c2[nH]c3ccc(C4CCN(CC(=O)CCC5(C)COC5)CC4)cc3c2C(C)C)cn2ncnc12. The first-order valence-corrected chi connectivity index (χ1v) is 14.2. The van der Waals surface area contributed by atoms with Crippen molar-refractivity contribution in [2.75, 3.05) is 40.0 Å². The fraction of sp³-hybridized carbons (Fsp3) is 0.516. The summed E-state index contributed by atoms with van der Waals surface area (Å²) < 4.78 is 12.7. The van der Waals surface area contributed by atoms with E-state index in [2.05, 4.69) is 58.9 Å². The monoisotopic (exact) mass is 529 g/mol. The minimum atomic E-state index is 0.212. The summed E-state index contributed by atoms with van der Waals surface area (Å²) >= 11 is 0. The Morgan fingerprint density at radius 2 is 2.03 bits per heavy atom. The van der Waals surface area contributed by atoms with Crippen molar-refractivity contribution in [1.29, 1.82) is 0 Å². The van der Waals surface area contributed by atoms with Gasteiger partial charge in [-0.3, -0.25) is 9.69 Å². The van der Waals surface area contributed by atoms with Crippen molar-refractivity contribution in [2.24, 2.45) is 5.41 Å². The van der Waals surface area contributed by atoms with E-state index in [4.69, 9.17) is 9.47 Å². The Morgan fingerprint density at radius 1 is 1.23 bits per heavy atom. The lowest BCUT2D eigenvalue weighted by Crippen LogP contribution is -2.41. The number of ether oxygens (including phenoxy) is 2. The summed E-state index contributed by atoms with van der Waals surface area (Å²) in [5, 5.41) is 5.63. The normalized spacial score (nSPS) is 18.2. The summed E-state index contributed by atoms with van der Waals surface area (Å²) in [4.78, 5) is 23.0. The maximum atomic E-state index is 12.6. The smallest absolute Gasteiger partial charge is 0.197 e. The average Bonchev–Trinajstić information content (AvgIpc) is 3.55. The van der Waals surface area contributed by atoms with Crippen molar-refractivity contribution in [3.8, 4) is 17.0 Å². The number of nitrogens with one attached hydrogen (secondary N) is 1. The Kier molecular flexibility index (Phi) is 6.93. The van der Waals surface area contributed by atoms with E-state index in [-0.39, 0.29) is 5.41 Å². The Morgan fingerprint density at radius 3 is 2.72 bits per heavy atom. The molecule has 0 unspecified atom stereocenters. The van der Waals surface area contributed by atoms with E-state index < -0.39 is 0 Å². The van der Waals surface area contributed by atoms with Gasteiger partial charge in [-0.1, -0.05) is 26.8 Å². The minimum absolute atomic E-state index is 0.212. The number of ketones is 1. The number of carbonyl (C=O) groups is 1. The van der Waals surface area contributed by atoms with Crippen LogP contribution in [0.2, 0.25) is 0 Å². The fourth-order valence-corrected chi connectivity index (χ4v) is 6.28. The molecule has 8 heteroatoms. The summed E-state index contributed by atoms with van der Waals surface area (Å²) in [6, 6.07) is 8.94. The number of fused-ring (bicyclic) bond motifs is 2. The highest BCUT2D eigenvalue weighted by Gasteiger charge is 2.33. The predicted molar refractivity (Wildman–Crippen MR) is 153 cm³/mol. The number of aromatic amines is 1. The molecule has 0 aliphatic carbocycles. The maximum Gasteiger partial charge on any atom is 0.197 e. The van der Waals surface area contributed by atoms with Crippen molar-refractivity contribution >= 4 is 22.3 Å². The highest BCUT2D eigenvalue weighted by molar-refractivity contribution is 5.92. The summed E-state index contributed by atoms with van der Waals surface area (Å²) in [7, 11) is 1.67. The number of nitrogens with zero attached hydrogens (tertiary/aromatic N) is 4. The van der Waals surface area contributed by atoms with Gasteiger partial charge in [-0.05, 0) is 73.5 Å². The highest BCUT2D eigenvalue weighted by Crippen LogP contribution is 2.39. The van der Waals surface area contributed by atoms with Crippen molar-refractivity contribution in [3.63, 3.8) is 0 Å². The number of methoxy groups -OCH3 is 1. The molecule has 2 fully saturated rings. The Labute approximate surface area is 229 Å². The molecular formula is C31H39N5O3. The van der Waals surface area contributed by atoms with E-state index >= 15 is 0 Å². The second-order valence-corrected chi connectivity index (χ2v) is 12.1. The number of pyridine rings is 1. The third kappa shape index (κ3) is 5.08. The van der Waals surface area contributed by atoms with E-state index in [0.717, 1.165) is 62.3 Å². The van der Waals surface area contributed by atoms with Crippen molar-refractivity contribution in [3.05, 3.63) is 47.9 Å². The Bertz CT molecular complexity index is 1490. The number of rotatable bonds is 9. The van der Waals surface area contributed by atoms with Gasteiger partial charge in [0.2, 0.25) is 0 Å². The van der Waals surface area contributed by atoms with E-state index in [1.807, 2.05) is 12.3 Å². The van der Waals surface area contributed by atoms with Crippen LogP contribution in [0.15, 0.2) is 36.8 Å². The molecule has 2 saturated heterocycles. The predicted octanol–water partition coefficient (Wildman–Crippen LogP) is 5.57. The number of piperidine rings is 1. The van der Waals surface area contributed by atoms with Crippen LogP contribution in [-0.2, 0) is 9.53 Å². The molecule has 0 amide bonds. The molecule has 8 nitrogen and oxygen atoms in total. The average molecular weight is 530 g/mol. The van der Waals surface area contributed by atoms with E-state index in [1.54, 1.807) is 18.0 Å². The molecule has 0 atom stereocenters. The second-order valence-electron chi connectivity index (χ2n) is 12.1. The topological polar surface area (TPSA) is 84.8 Å². The van der Waals surface area contributed by atoms with Gasteiger partial charge < -0.3 is 14.5 Å². The summed E-state index contributed by atoms with van der Waals surface area (Å²) in [6.07, 6.45) is 7.34. The molecule has 0 radical (unpaired) electrons. The van der Waals surface area contributed by atoms with Gasteiger partial charge in [-0.25, -0.2) is 9.50 Å². The molecule has 1 N–H and O–H groups in total. The van der Waals surface area contributed by atoms with Crippen LogP contribution in [0.25, 0.3) is 27.8 Å². The molecule has 39 heavy (non-hydrogen) atoms. The number of H-pyrrole nitrogens is 1. The van der Waals surface area contributed by atoms with Gasteiger partial charge in [0, 0.05) is 34.5 Å². The zero-order valence-electron chi connectivity index (χ0n) is 23.5. The van der Waals surface area contributed by atoms with Gasteiger partial charge in [-0.2, -0.15) is 5.10 Å². The standard InChI is InChI=1S/C31H39N5O3/c1-20(2)28-25-13-22(21-8-11-35(12-9-21)16-24(37)7-10-31(3)17-39-18-31)5-6-26(25)34-29(28)23-14-27(38-4)30-32-19-33-36(30)15-23/h5-6,13-15,19-21,34H,7-12,16-18H2,1-4H3. The maximum absolute atomic E-state index is 12.6. The molecule has 206 valence electrons. The van der Waals surface area contributed by atoms with Crippen LogP contribution in [0.5, 0.6) is 5.75 Å². The second kappa shape index (κ2) is 10.4. The highest BCUT2D eigenvalue weighted by atomic mass is 16.5. The van der Waals surface area contributed by atoms with Crippen molar-refractivity contribution in [1.82, 2.24) is 24.5 Å². The van der Waals surface area contributed by atoms with Gasteiger partial charge in [0.05, 0.1) is 32.6 Å². The number of Topliss-reactive ketones (excluding diaryl/α,β-unsaturated/α-hetero) is 1. The molecule has 3 aromatic heterocycles. The van der Waals surface area contributed by atoms with Gasteiger partial charge in [0.25, 0.3) is 0 Å². The zero-order chi connectivity index (χ0) is 27.1. The molecule has 0 saturated carbocycles. The largest absolute Gasteiger partial charge is 0.493 e. The van der Waals surface area contributed by atoms with Gasteiger partial charge in [0.15, 0.2) is 11.4 Å². The van der Waals surface area contributed by atoms with Gasteiger partial charge in [-0.15, -0.1) is 0 Å². The number of carbonyl (C=O) groups excluding carboxylic acids is 1. The molecule has 0 spiro atoms. The van der Waals surface area contributed by atoms with Crippen LogP contribution < -0.4 is 4.74 Å². The third-order valence-corrected chi connectivity index (χ3v) is 8.66. The van der Waals surface area contributed by atoms with Crippen molar-refractivity contribution < 1.29 is 14.3 Å². The summed E-state index contributed by atoms with van der Waals surface area (Å²) in [5.41, 5.74) is 6.89. The Balaban J connectivity index is 1.19. The molecular weight excluding hydrogens is 490 g/mol. The summed E-state index contributed by atoms with van der Waals surface area (Å²) in [5.74, 6) is 1.92. The summed E-state index contributed by atoms with van der Waals surface area (Å²) in [6.45, 7) is 10.8. The van der Waals surface area contributed by atoms with E-state index in [1.165, 1.54) is 16.5 Å². The first kappa shape index (κ1) is 26.0. The number of aromatic nitrogens is 4. The zero-order valence-corrected chi connectivity index (χ0v) is 23.5. The van der Waals surface area contributed by atoms with Crippen LogP contribution in [0.1, 0.15) is 69.4 Å². The molecule has 5 heterocycles. The molecule has 1 aromatic carbocycles. The number of hydrogen-bond acceptors (Lipinski definition) is 6. The van der Waals surface area contributed by atoms with E-state index in [0.29, 0.717) is 42.0 Å². The number of benzene rings is 1. The van der Waals surface area contributed by atoms with Crippen LogP contribution in [-0.4, -0.2) is 70.2 Å².